The number of ether oxygens (including phenoxy) is 1. The first-order chi connectivity index (χ1) is 6.76. The average Bonchev–Trinajstić information content (AvgIpc) is 2.61. The highest BCUT2D eigenvalue weighted by Gasteiger charge is 2.10. The van der Waals surface area contributed by atoms with Crippen molar-refractivity contribution in [3.8, 4) is 6.01 Å². The fourth-order valence-corrected chi connectivity index (χ4v) is 1.53. The zero-order valence-corrected chi connectivity index (χ0v) is 8.08. The van der Waals surface area contributed by atoms with Crippen LogP contribution >= 0.6 is 12.3 Å². The number of anilines is 1. The van der Waals surface area contributed by atoms with E-state index in [1.165, 1.54) is 17.3 Å². The van der Waals surface area contributed by atoms with Gasteiger partial charge in [0.25, 0.3) is 0 Å². The number of halogens is 1. The third kappa shape index (κ3) is 1.25. The van der Waals surface area contributed by atoms with Gasteiger partial charge in [-0.2, -0.15) is 9.97 Å². The molecule has 74 valence electrons. The number of hydrogen-bond acceptors (Lipinski definition) is 5. The lowest BCUT2D eigenvalue weighted by molar-refractivity contribution is 0.382. The van der Waals surface area contributed by atoms with E-state index in [2.05, 4.69) is 9.97 Å². The van der Waals surface area contributed by atoms with E-state index >= 15 is 0 Å². The van der Waals surface area contributed by atoms with Crippen molar-refractivity contribution in [2.45, 2.75) is 0 Å². The lowest BCUT2D eigenvalue weighted by Crippen LogP contribution is -1.99. The molecule has 5 nitrogen and oxygen atoms in total. The van der Waals surface area contributed by atoms with Crippen molar-refractivity contribution in [2.24, 2.45) is 0 Å². The molecule has 7 heteroatoms. The molecule has 2 rings (SSSR count). The Morgan fingerprint density at radius 2 is 2.36 bits per heavy atom. The molecule has 2 heterocycles. The maximum atomic E-state index is 12.4. The van der Waals surface area contributed by atoms with Crippen molar-refractivity contribution < 1.29 is 8.62 Å². The molecule has 14 heavy (non-hydrogen) atoms. The summed E-state index contributed by atoms with van der Waals surface area (Å²) in [6.45, 7) is 0. The molecule has 0 amide bonds. The fourth-order valence-electron chi connectivity index (χ4n) is 1.17. The predicted molar refractivity (Wildman–Crippen MR) is 52.6 cm³/mol. The molecule has 0 unspecified atom stereocenters. The summed E-state index contributed by atoms with van der Waals surface area (Å²) < 4.78 is 18.5. The lowest BCUT2D eigenvalue weighted by Gasteiger charge is -2.02. The Labute approximate surface area is 83.5 Å². The van der Waals surface area contributed by atoms with Crippen LogP contribution in [-0.2, 0) is 0 Å². The summed E-state index contributed by atoms with van der Waals surface area (Å²) in [5, 5.41) is 0. The molecule has 0 bridgehead atoms. The number of nitrogens with two attached hydrogens (primary N) is 1. The van der Waals surface area contributed by atoms with Crippen LogP contribution in [0.1, 0.15) is 0 Å². The Morgan fingerprint density at radius 3 is 3.00 bits per heavy atom. The maximum absolute atomic E-state index is 12.4. The number of hydrogen-bond donors (Lipinski definition) is 1. The summed E-state index contributed by atoms with van der Waals surface area (Å²) in [6.07, 6.45) is 1.53. The number of aromatic nitrogens is 3. The Kier molecular flexibility index (Phi) is 2.16. The minimum atomic E-state index is 0.0484. The fraction of sp³-hybridized carbons (Fsp3) is 0.143. The first-order valence-corrected chi connectivity index (χ1v) is 4.41. The van der Waals surface area contributed by atoms with Crippen LogP contribution in [-0.4, -0.2) is 21.1 Å². The largest absolute Gasteiger partial charge is 0.467 e. The monoisotopic (exact) mass is 214 g/mol. The molecule has 0 aromatic carbocycles. The van der Waals surface area contributed by atoms with Crippen molar-refractivity contribution in [3.05, 3.63) is 12.3 Å². The first kappa shape index (κ1) is 9.07. The summed E-state index contributed by atoms with van der Waals surface area (Å²) in [4.78, 5) is 7.85. The van der Waals surface area contributed by atoms with Crippen molar-refractivity contribution in [3.63, 3.8) is 0 Å². The molecular weight excluding hydrogens is 207 g/mol. The van der Waals surface area contributed by atoms with Gasteiger partial charge in [-0.3, -0.25) is 3.97 Å². The molecule has 0 saturated carbocycles. The van der Waals surface area contributed by atoms with Gasteiger partial charge in [0.05, 0.1) is 12.6 Å². The second-order valence-corrected chi connectivity index (χ2v) is 3.07. The lowest BCUT2D eigenvalue weighted by atomic mass is 10.4. The second-order valence-electron chi connectivity index (χ2n) is 2.54. The zero-order valence-electron chi connectivity index (χ0n) is 7.27. The molecule has 2 aromatic rings. The smallest absolute Gasteiger partial charge is 0.318 e. The van der Waals surface area contributed by atoms with Crippen LogP contribution in [0, 0.1) is 0 Å². The summed E-state index contributed by atoms with van der Waals surface area (Å²) in [5.74, 6) is 0.196. The first-order valence-electron chi connectivity index (χ1n) is 3.74. The molecule has 0 spiro atoms. The Balaban J connectivity index is 2.72. The molecule has 0 aliphatic rings. The molecule has 0 fully saturated rings. The molecule has 2 aromatic heterocycles. The van der Waals surface area contributed by atoms with Crippen molar-refractivity contribution in [1.29, 1.82) is 0 Å². The van der Waals surface area contributed by atoms with Gasteiger partial charge < -0.3 is 10.5 Å². The van der Waals surface area contributed by atoms with Crippen molar-refractivity contribution >= 4 is 29.2 Å². The Bertz CT molecular complexity index is 472. The SMILES string of the molecule is COc1nc(N)c2c(ccn2SF)n1. The summed E-state index contributed by atoms with van der Waals surface area (Å²) >= 11 is 0.0484. The molecule has 0 atom stereocenters. The quantitative estimate of drug-likeness (QED) is 0.818. The van der Waals surface area contributed by atoms with E-state index in [1.807, 2.05) is 0 Å². The van der Waals surface area contributed by atoms with Gasteiger partial charge in [-0.25, -0.2) is 0 Å². The molecule has 0 aliphatic carbocycles. The normalized spacial score (nSPS) is 10.7. The minimum Gasteiger partial charge on any atom is -0.467 e. The Hall–Kier alpha value is -1.50. The van der Waals surface area contributed by atoms with Gasteiger partial charge in [0.2, 0.25) is 0 Å². The molecule has 0 aliphatic heterocycles. The second kappa shape index (κ2) is 3.33. The average molecular weight is 214 g/mol. The summed E-state index contributed by atoms with van der Waals surface area (Å²) in [7, 11) is 1.45. The van der Waals surface area contributed by atoms with Crippen LogP contribution in [0.2, 0.25) is 0 Å². The molecule has 0 radical (unpaired) electrons. The topological polar surface area (TPSA) is 66.0 Å². The third-order valence-corrected chi connectivity index (χ3v) is 2.22. The van der Waals surface area contributed by atoms with Gasteiger partial charge >= 0.3 is 6.01 Å². The summed E-state index contributed by atoms with van der Waals surface area (Å²) in [6, 6.07) is 1.82. The van der Waals surface area contributed by atoms with Gasteiger partial charge in [-0.15, -0.1) is 3.89 Å². The van der Waals surface area contributed by atoms with Gasteiger partial charge in [0.1, 0.15) is 5.52 Å². The van der Waals surface area contributed by atoms with Crippen LogP contribution in [0.4, 0.5) is 9.70 Å². The van der Waals surface area contributed by atoms with E-state index in [0.717, 1.165) is 0 Å². The predicted octanol–water partition coefficient (Wildman–Crippen LogP) is 1.40. The van der Waals surface area contributed by atoms with E-state index in [1.54, 1.807) is 6.07 Å². The molecule has 0 saturated heterocycles. The highest BCUT2D eigenvalue weighted by atomic mass is 32.2. The van der Waals surface area contributed by atoms with Crippen LogP contribution < -0.4 is 10.5 Å². The van der Waals surface area contributed by atoms with Crippen LogP contribution in [0.3, 0.4) is 0 Å². The van der Waals surface area contributed by atoms with E-state index in [-0.39, 0.29) is 24.2 Å². The maximum Gasteiger partial charge on any atom is 0.318 e. The van der Waals surface area contributed by atoms with Gasteiger partial charge in [0, 0.05) is 6.20 Å². The van der Waals surface area contributed by atoms with Gasteiger partial charge in [0.15, 0.2) is 18.2 Å². The van der Waals surface area contributed by atoms with E-state index in [9.17, 15) is 3.89 Å². The number of methoxy groups -OCH3 is 1. The van der Waals surface area contributed by atoms with E-state index in [4.69, 9.17) is 10.5 Å². The zero-order chi connectivity index (χ0) is 10.1. The van der Waals surface area contributed by atoms with Gasteiger partial charge in [-0.05, 0) is 6.07 Å². The Morgan fingerprint density at radius 1 is 1.57 bits per heavy atom. The van der Waals surface area contributed by atoms with E-state index < -0.39 is 0 Å². The van der Waals surface area contributed by atoms with E-state index in [0.29, 0.717) is 11.0 Å². The van der Waals surface area contributed by atoms with Gasteiger partial charge in [-0.1, -0.05) is 0 Å². The highest BCUT2D eigenvalue weighted by Crippen LogP contribution is 2.25. The number of nitrogen functional groups attached to an aromatic ring is 1. The van der Waals surface area contributed by atoms with Crippen molar-refractivity contribution in [2.75, 3.05) is 12.8 Å². The summed E-state index contributed by atoms with van der Waals surface area (Å²) in [5.41, 5.74) is 6.63. The standard InChI is InChI=1S/C7H7FN4OS/c1-13-7-10-4-2-3-12(14-8)5(4)6(9)11-7/h2-3H,1H3,(H2,9,10,11). The number of nitrogens with zero attached hydrogens (tertiary/aromatic N) is 3. The highest BCUT2D eigenvalue weighted by molar-refractivity contribution is 7.92. The van der Waals surface area contributed by atoms with Crippen LogP contribution in [0.15, 0.2) is 12.3 Å². The molecule has 2 N–H and O–H groups in total. The minimum absolute atomic E-state index is 0.0484. The molecular formula is C7H7FN4OS. The number of fused-ring (bicyclic) bond motifs is 1. The third-order valence-electron chi connectivity index (χ3n) is 1.76. The van der Waals surface area contributed by atoms with Crippen molar-refractivity contribution in [1.82, 2.24) is 13.9 Å². The number of rotatable bonds is 2. The van der Waals surface area contributed by atoms with Crippen LogP contribution in [0.25, 0.3) is 11.0 Å². The van der Waals surface area contributed by atoms with Crippen LogP contribution in [0.5, 0.6) is 6.01 Å².